The topological polar surface area (TPSA) is 120 Å². The molecule has 1 aromatic carbocycles. The van der Waals surface area contributed by atoms with Crippen molar-refractivity contribution >= 4 is 16.1 Å². The summed E-state index contributed by atoms with van der Waals surface area (Å²) >= 11 is 0. The number of carbonyl (C=O) groups is 1. The number of hydrogen-bond donors (Lipinski definition) is 2. The van der Waals surface area contributed by atoms with E-state index in [2.05, 4.69) is 17.2 Å². The number of nitrogens with zero attached hydrogens (tertiary/aromatic N) is 2. The average Bonchev–Trinajstić information content (AvgIpc) is 2.67. The molecule has 0 aliphatic carbocycles. The molecule has 0 radical (unpaired) electrons. The van der Waals surface area contributed by atoms with Crippen molar-refractivity contribution in [1.82, 2.24) is 9.62 Å². The number of carbonyl (C=O) groups excluding carboxylic acids is 1. The Balaban J connectivity index is 2.09. The van der Waals surface area contributed by atoms with Gasteiger partial charge in [-0.25, -0.2) is 13.2 Å². The third-order valence-electron chi connectivity index (χ3n) is 4.38. The van der Waals surface area contributed by atoms with E-state index in [-0.39, 0.29) is 42.6 Å². The first-order valence-electron chi connectivity index (χ1n) is 9.70. The summed E-state index contributed by atoms with van der Waals surface area (Å²) in [7, 11) is -3.76. The Kier molecular flexibility index (Phi) is 7.85. The van der Waals surface area contributed by atoms with Crippen LogP contribution in [0.25, 0.3) is 0 Å². The summed E-state index contributed by atoms with van der Waals surface area (Å²) in [5.74, 6) is 5.46. The van der Waals surface area contributed by atoms with E-state index in [1.165, 1.54) is 22.5 Å². The maximum atomic E-state index is 13.0. The largest absolute Gasteiger partial charge is 0.444 e. The van der Waals surface area contributed by atoms with Crippen LogP contribution in [0.2, 0.25) is 0 Å². The summed E-state index contributed by atoms with van der Waals surface area (Å²) in [6.07, 6.45) is 0.664. The van der Waals surface area contributed by atoms with Crippen molar-refractivity contribution in [3.8, 4) is 17.9 Å². The van der Waals surface area contributed by atoms with Crippen LogP contribution < -0.4 is 5.32 Å². The number of sulfonamides is 1. The van der Waals surface area contributed by atoms with Gasteiger partial charge in [0.15, 0.2) is 0 Å². The van der Waals surface area contributed by atoms with Gasteiger partial charge < -0.3 is 15.2 Å². The third-order valence-corrected chi connectivity index (χ3v) is 6.28. The van der Waals surface area contributed by atoms with Gasteiger partial charge in [0.2, 0.25) is 10.0 Å². The predicted octanol–water partition coefficient (Wildman–Crippen LogP) is 1.97. The second-order valence-electron chi connectivity index (χ2n) is 7.92. The van der Waals surface area contributed by atoms with Gasteiger partial charge in [0.1, 0.15) is 11.7 Å². The minimum atomic E-state index is -3.76. The summed E-state index contributed by atoms with van der Waals surface area (Å²) < 4.78 is 32.7. The maximum Gasteiger partial charge on any atom is 0.407 e. The molecule has 2 N–H and O–H groups in total. The van der Waals surface area contributed by atoms with Crippen molar-refractivity contribution in [2.45, 2.75) is 56.6 Å². The number of hydrogen-bond acceptors (Lipinski definition) is 6. The molecule has 162 valence electrons. The Bertz CT molecular complexity index is 973. The van der Waals surface area contributed by atoms with Crippen LogP contribution in [0, 0.1) is 23.2 Å². The molecular weight excluding hydrogens is 406 g/mol. The number of benzene rings is 1. The number of nitriles is 1. The first-order chi connectivity index (χ1) is 14.1. The Morgan fingerprint density at radius 3 is 2.53 bits per heavy atom. The summed E-state index contributed by atoms with van der Waals surface area (Å²) in [5.41, 5.74) is -0.00485. The van der Waals surface area contributed by atoms with Gasteiger partial charge in [-0.3, -0.25) is 0 Å². The molecule has 1 aliphatic heterocycles. The molecule has 0 atom stereocenters. The van der Waals surface area contributed by atoms with E-state index in [1.807, 2.05) is 6.07 Å². The molecule has 1 aromatic rings. The molecule has 0 bridgehead atoms. The van der Waals surface area contributed by atoms with Gasteiger partial charge in [0, 0.05) is 31.1 Å². The zero-order valence-corrected chi connectivity index (χ0v) is 18.3. The van der Waals surface area contributed by atoms with Crippen LogP contribution in [-0.2, 0) is 14.8 Å². The molecule has 30 heavy (non-hydrogen) atoms. The van der Waals surface area contributed by atoms with Crippen LogP contribution in [0.3, 0.4) is 0 Å². The van der Waals surface area contributed by atoms with Crippen molar-refractivity contribution in [2.75, 3.05) is 19.7 Å². The van der Waals surface area contributed by atoms with E-state index < -0.39 is 21.7 Å². The molecule has 9 heteroatoms. The zero-order chi connectivity index (χ0) is 22.4. The molecular formula is C21H27N3O5S. The number of amides is 1. The fraction of sp³-hybridized carbons (Fsp3) is 0.524. The fourth-order valence-corrected chi connectivity index (χ4v) is 4.46. The van der Waals surface area contributed by atoms with Gasteiger partial charge in [0.05, 0.1) is 17.1 Å². The molecule has 0 saturated carbocycles. The van der Waals surface area contributed by atoms with Crippen molar-refractivity contribution in [3.63, 3.8) is 0 Å². The molecule has 1 saturated heterocycles. The Labute approximate surface area is 177 Å². The highest BCUT2D eigenvalue weighted by Crippen LogP contribution is 2.23. The van der Waals surface area contributed by atoms with E-state index in [0.29, 0.717) is 18.4 Å². The van der Waals surface area contributed by atoms with Crippen molar-refractivity contribution in [3.05, 3.63) is 29.3 Å². The maximum absolute atomic E-state index is 13.0. The molecule has 1 amide bonds. The zero-order valence-electron chi connectivity index (χ0n) is 17.4. The number of rotatable bonds is 4. The smallest absolute Gasteiger partial charge is 0.407 e. The second kappa shape index (κ2) is 9.94. The van der Waals surface area contributed by atoms with Crippen LogP contribution in [0.5, 0.6) is 0 Å². The van der Waals surface area contributed by atoms with Crippen LogP contribution >= 0.6 is 0 Å². The predicted molar refractivity (Wildman–Crippen MR) is 111 cm³/mol. The Morgan fingerprint density at radius 1 is 1.30 bits per heavy atom. The highest BCUT2D eigenvalue weighted by molar-refractivity contribution is 7.89. The van der Waals surface area contributed by atoms with Gasteiger partial charge in [-0.05, 0) is 51.8 Å². The Morgan fingerprint density at radius 2 is 1.97 bits per heavy atom. The third kappa shape index (κ3) is 6.46. The summed E-state index contributed by atoms with van der Waals surface area (Å²) in [5, 5.41) is 20.9. The minimum Gasteiger partial charge on any atom is -0.444 e. The molecule has 0 spiro atoms. The van der Waals surface area contributed by atoms with E-state index in [1.54, 1.807) is 20.8 Å². The highest BCUT2D eigenvalue weighted by atomic mass is 32.2. The summed E-state index contributed by atoms with van der Waals surface area (Å²) in [6, 6.07) is 6.06. The van der Waals surface area contributed by atoms with Gasteiger partial charge in [-0.1, -0.05) is 11.8 Å². The van der Waals surface area contributed by atoms with Gasteiger partial charge >= 0.3 is 6.09 Å². The number of aliphatic hydroxyl groups is 1. The van der Waals surface area contributed by atoms with Gasteiger partial charge in [-0.15, -0.1) is 0 Å². The molecule has 0 aromatic heterocycles. The molecule has 0 unspecified atom stereocenters. The van der Waals surface area contributed by atoms with Crippen molar-refractivity contribution in [1.29, 1.82) is 5.26 Å². The first-order valence-corrected chi connectivity index (χ1v) is 11.1. The lowest BCUT2D eigenvalue weighted by molar-refractivity contribution is 0.0489. The number of nitrogens with one attached hydrogen (secondary N) is 1. The normalized spacial score (nSPS) is 15.6. The standard InChI is InChI=1S/C21H27N3O5S/c1-21(2,3)29-20(26)23-18-9-11-24(12-10-18)30(27,28)19-8-7-17(15-22)16(14-19)6-4-5-13-25/h7-8,14,18,25H,5,9-13H2,1-3H3,(H,23,26). The SMILES string of the molecule is CC(C)(C)OC(=O)NC1CCN(S(=O)(=O)c2ccc(C#N)c(C#CCCO)c2)CC1. The Hall–Kier alpha value is -2.59. The monoisotopic (exact) mass is 433 g/mol. The lowest BCUT2D eigenvalue weighted by Crippen LogP contribution is -2.47. The van der Waals surface area contributed by atoms with Crippen LogP contribution in [-0.4, -0.2) is 55.3 Å². The highest BCUT2D eigenvalue weighted by Gasteiger charge is 2.31. The van der Waals surface area contributed by atoms with Crippen LogP contribution in [0.1, 0.15) is 51.2 Å². The van der Waals surface area contributed by atoms with Crippen molar-refractivity contribution in [2.24, 2.45) is 0 Å². The number of piperidine rings is 1. The van der Waals surface area contributed by atoms with E-state index in [9.17, 15) is 18.5 Å². The molecule has 2 rings (SSSR count). The van der Waals surface area contributed by atoms with Gasteiger partial charge in [0.25, 0.3) is 0 Å². The van der Waals surface area contributed by atoms with Crippen LogP contribution in [0.4, 0.5) is 4.79 Å². The molecule has 1 fully saturated rings. The van der Waals surface area contributed by atoms with E-state index >= 15 is 0 Å². The fourth-order valence-electron chi connectivity index (χ4n) is 2.96. The summed E-state index contributed by atoms with van der Waals surface area (Å²) in [6.45, 7) is 5.74. The van der Waals surface area contributed by atoms with E-state index in [0.717, 1.165) is 0 Å². The molecule has 1 aliphatic rings. The van der Waals surface area contributed by atoms with Crippen LogP contribution in [0.15, 0.2) is 23.1 Å². The van der Waals surface area contributed by atoms with Crippen molar-refractivity contribution < 1.29 is 23.1 Å². The lowest BCUT2D eigenvalue weighted by atomic mass is 10.1. The second-order valence-corrected chi connectivity index (χ2v) is 9.86. The van der Waals surface area contributed by atoms with E-state index in [4.69, 9.17) is 9.84 Å². The molecule has 1 heterocycles. The lowest BCUT2D eigenvalue weighted by Gasteiger charge is -2.32. The summed E-state index contributed by atoms with van der Waals surface area (Å²) in [4.78, 5) is 12.0. The average molecular weight is 434 g/mol. The number of ether oxygens (including phenoxy) is 1. The quantitative estimate of drug-likeness (QED) is 0.701. The number of aliphatic hydroxyl groups excluding tert-OH is 1. The molecule has 8 nitrogen and oxygen atoms in total. The van der Waals surface area contributed by atoms with Gasteiger partial charge in [-0.2, -0.15) is 9.57 Å². The first kappa shape index (κ1) is 23.7. The number of alkyl carbamates (subject to hydrolysis) is 1. The minimum absolute atomic E-state index is 0.0633.